The summed E-state index contributed by atoms with van der Waals surface area (Å²) in [5, 5.41) is 0. The summed E-state index contributed by atoms with van der Waals surface area (Å²) in [5.41, 5.74) is -0.441. The molecule has 0 bridgehead atoms. The quantitative estimate of drug-likeness (QED) is 0.806. The van der Waals surface area contributed by atoms with Gasteiger partial charge in [0.2, 0.25) is 10.0 Å². The Bertz CT molecular complexity index is 612. The summed E-state index contributed by atoms with van der Waals surface area (Å²) in [6.07, 6.45) is 0.825. The predicted molar refractivity (Wildman–Crippen MR) is 86.4 cm³/mol. The molecule has 0 aromatic heterocycles. The molecule has 0 aliphatic carbocycles. The van der Waals surface area contributed by atoms with Gasteiger partial charge < -0.3 is 14.2 Å². The topological polar surface area (TPSA) is 73.9 Å². The summed E-state index contributed by atoms with van der Waals surface area (Å²) in [7, 11) is 0.825. The van der Waals surface area contributed by atoms with E-state index in [0.29, 0.717) is 5.75 Å². The van der Waals surface area contributed by atoms with Gasteiger partial charge in [0.05, 0.1) is 19.8 Å². The van der Waals surface area contributed by atoms with Crippen LogP contribution in [0.2, 0.25) is 0 Å². The van der Waals surface area contributed by atoms with Crippen LogP contribution in [0.25, 0.3) is 0 Å². The molecule has 124 valence electrons. The number of hydrogen-bond donors (Lipinski definition) is 1. The molecule has 0 saturated carbocycles. The summed E-state index contributed by atoms with van der Waals surface area (Å²) in [6.45, 7) is 0.235. The lowest BCUT2D eigenvalue weighted by atomic mass is 10.0. The first kappa shape index (κ1) is 17.4. The molecule has 1 aromatic rings. The highest BCUT2D eigenvalue weighted by Crippen LogP contribution is 2.32. The van der Waals surface area contributed by atoms with Crippen molar-refractivity contribution in [2.24, 2.45) is 0 Å². The summed E-state index contributed by atoms with van der Waals surface area (Å²) < 4.78 is 43.6. The van der Waals surface area contributed by atoms with Crippen molar-refractivity contribution in [2.45, 2.75) is 16.9 Å². The van der Waals surface area contributed by atoms with E-state index in [0.717, 1.165) is 17.9 Å². The van der Waals surface area contributed by atoms with Gasteiger partial charge in [-0.3, -0.25) is 0 Å². The lowest BCUT2D eigenvalue weighted by Crippen LogP contribution is -2.44. The smallest absolute Gasteiger partial charge is 0.244 e. The molecule has 22 heavy (non-hydrogen) atoms. The summed E-state index contributed by atoms with van der Waals surface area (Å²) >= 11 is 1.76. The van der Waals surface area contributed by atoms with Gasteiger partial charge >= 0.3 is 0 Å². The minimum absolute atomic E-state index is 0.0613. The van der Waals surface area contributed by atoms with Crippen LogP contribution in [0.4, 0.5) is 0 Å². The van der Waals surface area contributed by atoms with Crippen molar-refractivity contribution in [1.82, 2.24) is 4.72 Å². The highest BCUT2D eigenvalue weighted by Gasteiger charge is 2.36. The van der Waals surface area contributed by atoms with Crippen LogP contribution in [0.1, 0.15) is 6.42 Å². The van der Waals surface area contributed by atoms with Crippen molar-refractivity contribution in [3.8, 4) is 11.5 Å². The van der Waals surface area contributed by atoms with Crippen LogP contribution in [-0.4, -0.2) is 53.4 Å². The van der Waals surface area contributed by atoms with E-state index in [-0.39, 0.29) is 17.2 Å². The Labute approximate surface area is 135 Å². The number of ether oxygens (including phenoxy) is 3. The largest absolute Gasteiger partial charge is 0.497 e. The first-order valence-electron chi connectivity index (χ1n) is 6.81. The fourth-order valence-corrected chi connectivity index (χ4v) is 4.95. The third-order valence-corrected chi connectivity index (χ3v) is 6.39. The van der Waals surface area contributed by atoms with Crippen molar-refractivity contribution in [1.29, 1.82) is 0 Å². The standard InChI is InChI=1S/C14H21NO5S2/c1-18-11-4-5-12(19-2)13(8-11)22(16,17)15-9-14(20-3)6-7-21-10-14/h4-5,8,15H,6-7,9-10H2,1-3H3/t14-/m0/s1. The second-order valence-electron chi connectivity index (χ2n) is 5.03. The Hall–Kier alpha value is -0.960. The fourth-order valence-electron chi connectivity index (χ4n) is 2.26. The van der Waals surface area contributed by atoms with Crippen molar-refractivity contribution in [3.63, 3.8) is 0 Å². The molecule has 0 unspecified atom stereocenters. The molecule has 6 nitrogen and oxygen atoms in total. The Morgan fingerprint density at radius 1 is 1.27 bits per heavy atom. The summed E-state index contributed by atoms with van der Waals surface area (Å²) in [4.78, 5) is 0.0613. The number of hydrogen-bond acceptors (Lipinski definition) is 6. The number of benzene rings is 1. The van der Waals surface area contributed by atoms with E-state index in [9.17, 15) is 8.42 Å². The molecule has 8 heteroatoms. The summed E-state index contributed by atoms with van der Waals surface area (Å²) in [6, 6.07) is 4.68. The predicted octanol–water partition coefficient (Wildman–Crippen LogP) is 1.50. The molecule has 1 aromatic carbocycles. The molecule has 1 aliphatic heterocycles. The van der Waals surface area contributed by atoms with E-state index in [1.807, 2.05) is 0 Å². The van der Waals surface area contributed by atoms with Crippen LogP contribution >= 0.6 is 11.8 Å². The van der Waals surface area contributed by atoms with Crippen molar-refractivity contribution in [3.05, 3.63) is 18.2 Å². The van der Waals surface area contributed by atoms with Crippen LogP contribution in [0.3, 0.4) is 0 Å². The van der Waals surface area contributed by atoms with E-state index in [2.05, 4.69) is 4.72 Å². The molecule has 1 fully saturated rings. The maximum absolute atomic E-state index is 12.6. The maximum Gasteiger partial charge on any atom is 0.244 e. The lowest BCUT2D eigenvalue weighted by Gasteiger charge is -2.26. The third-order valence-electron chi connectivity index (χ3n) is 3.74. The monoisotopic (exact) mass is 347 g/mol. The summed E-state index contributed by atoms with van der Waals surface area (Å²) in [5.74, 6) is 2.49. The number of rotatable bonds is 7. The molecule has 1 heterocycles. The Morgan fingerprint density at radius 2 is 2.05 bits per heavy atom. The molecule has 0 radical (unpaired) electrons. The zero-order valence-corrected chi connectivity index (χ0v) is 14.6. The van der Waals surface area contributed by atoms with Crippen LogP contribution in [0.5, 0.6) is 11.5 Å². The molecular weight excluding hydrogens is 326 g/mol. The van der Waals surface area contributed by atoms with Gasteiger partial charge in [0.25, 0.3) is 0 Å². The average molecular weight is 347 g/mol. The van der Waals surface area contributed by atoms with Gasteiger partial charge in [-0.25, -0.2) is 13.1 Å². The molecule has 1 saturated heterocycles. The number of nitrogens with one attached hydrogen (secondary N) is 1. The van der Waals surface area contributed by atoms with Crippen molar-refractivity contribution >= 4 is 21.8 Å². The normalized spacial score (nSPS) is 21.8. The van der Waals surface area contributed by atoms with Crippen LogP contribution in [0.15, 0.2) is 23.1 Å². The first-order chi connectivity index (χ1) is 10.5. The second-order valence-corrected chi connectivity index (χ2v) is 7.87. The fraction of sp³-hybridized carbons (Fsp3) is 0.571. The van der Waals surface area contributed by atoms with E-state index in [1.165, 1.54) is 20.3 Å². The van der Waals surface area contributed by atoms with Gasteiger partial charge in [0.15, 0.2) is 0 Å². The first-order valence-corrected chi connectivity index (χ1v) is 9.45. The minimum Gasteiger partial charge on any atom is -0.497 e. The number of methoxy groups -OCH3 is 3. The Morgan fingerprint density at radius 3 is 2.59 bits per heavy atom. The molecule has 0 spiro atoms. The van der Waals surface area contributed by atoms with Gasteiger partial charge in [0.1, 0.15) is 16.4 Å². The highest BCUT2D eigenvalue weighted by molar-refractivity contribution is 7.99. The van der Waals surface area contributed by atoms with Gasteiger partial charge in [0, 0.05) is 25.5 Å². The Kier molecular flexibility index (Phi) is 5.60. The van der Waals surface area contributed by atoms with Crippen LogP contribution < -0.4 is 14.2 Å². The van der Waals surface area contributed by atoms with Gasteiger partial charge in [-0.1, -0.05) is 0 Å². The zero-order chi connectivity index (χ0) is 16.2. The maximum atomic E-state index is 12.6. The number of thioether (sulfide) groups is 1. The van der Waals surface area contributed by atoms with E-state index in [4.69, 9.17) is 14.2 Å². The van der Waals surface area contributed by atoms with Gasteiger partial charge in [-0.05, 0) is 24.3 Å². The zero-order valence-electron chi connectivity index (χ0n) is 12.9. The number of sulfonamides is 1. The van der Waals surface area contributed by atoms with Crippen LogP contribution in [0, 0.1) is 0 Å². The van der Waals surface area contributed by atoms with Crippen LogP contribution in [-0.2, 0) is 14.8 Å². The lowest BCUT2D eigenvalue weighted by molar-refractivity contribution is 0.0179. The molecule has 2 rings (SSSR count). The van der Waals surface area contributed by atoms with Crippen molar-refractivity contribution < 1.29 is 22.6 Å². The third kappa shape index (κ3) is 3.68. The molecule has 1 aliphatic rings. The molecule has 1 N–H and O–H groups in total. The Balaban J connectivity index is 2.23. The van der Waals surface area contributed by atoms with E-state index >= 15 is 0 Å². The molecular formula is C14H21NO5S2. The van der Waals surface area contributed by atoms with Gasteiger partial charge in [-0.2, -0.15) is 11.8 Å². The van der Waals surface area contributed by atoms with E-state index in [1.54, 1.807) is 31.0 Å². The van der Waals surface area contributed by atoms with Gasteiger partial charge in [-0.15, -0.1) is 0 Å². The van der Waals surface area contributed by atoms with E-state index < -0.39 is 15.6 Å². The van der Waals surface area contributed by atoms with Crippen molar-refractivity contribution in [2.75, 3.05) is 39.4 Å². The SMILES string of the molecule is COc1ccc(OC)c(S(=O)(=O)NC[C@@]2(OC)CCSC2)c1. The molecule has 0 amide bonds. The second kappa shape index (κ2) is 7.08. The highest BCUT2D eigenvalue weighted by atomic mass is 32.2. The average Bonchev–Trinajstić information content (AvgIpc) is 3.02. The minimum atomic E-state index is -3.72. The molecule has 1 atom stereocenters.